The molecule has 96 valence electrons. The summed E-state index contributed by atoms with van der Waals surface area (Å²) in [7, 11) is 1.73. The van der Waals surface area contributed by atoms with E-state index in [1.54, 1.807) is 7.11 Å². The summed E-state index contributed by atoms with van der Waals surface area (Å²) in [5.74, 6) is 1.54. The first-order valence-electron chi connectivity index (χ1n) is 6.26. The Morgan fingerprint density at radius 3 is 2.71 bits per heavy atom. The van der Waals surface area contributed by atoms with Gasteiger partial charge in [-0.15, -0.1) is 0 Å². The Labute approximate surface area is 113 Å². The maximum absolute atomic E-state index is 5.61. The number of nitrogens with two attached hydrogens (primary N) is 1. The van der Waals surface area contributed by atoms with Crippen molar-refractivity contribution in [1.29, 1.82) is 0 Å². The molecule has 0 bridgehead atoms. The zero-order valence-corrected chi connectivity index (χ0v) is 12.3. The number of halogens is 1. The van der Waals surface area contributed by atoms with Gasteiger partial charge in [0.15, 0.2) is 0 Å². The minimum atomic E-state index is 0.552. The molecular formula is C14H22BrNO. The molecule has 17 heavy (non-hydrogen) atoms. The van der Waals surface area contributed by atoms with Crippen molar-refractivity contribution in [3.05, 3.63) is 28.2 Å². The van der Waals surface area contributed by atoms with E-state index in [-0.39, 0.29) is 0 Å². The number of ether oxygens (including phenoxy) is 1. The van der Waals surface area contributed by atoms with Gasteiger partial charge in [-0.05, 0) is 55.5 Å². The van der Waals surface area contributed by atoms with Crippen molar-refractivity contribution >= 4 is 15.9 Å². The highest BCUT2D eigenvalue weighted by atomic mass is 79.9. The summed E-state index contributed by atoms with van der Waals surface area (Å²) in [6.45, 7) is 2.98. The topological polar surface area (TPSA) is 35.2 Å². The number of rotatable bonds is 7. The molecule has 0 aliphatic rings. The molecule has 1 aromatic carbocycles. The lowest BCUT2D eigenvalue weighted by atomic mass is 9.89. The van der Waals surface area contributed by atoms with Crippen LogP contribution in [0.1, 0.15) is 44.1 Å². The summed E-state index contributed by atoms with van der Waals surface area (Å²) in [6, 6.07) is 6.23. The number of benzene rings is 1. The molecule has 0 heterocycles. The molecule has 0 spiro atoms. The Bertz CT molecular complexity index is 341. The number of methoxy groups -OCH3 is 1. The monoisotopic (exact) mass is 299 g/mol. The van der Waals surface area contributed by atoms with Crippen LogP contribution in [0, 0.1) is 0 Å². The molecule has 0 radical (unpaired) electrons. The van der Waals surface area contributed by atoms with Crippen molar-refractivity contribution < 1.29 is 4.74 Å². The van der Waals surface area contributed by atoms with Gasteiger partial charge < -0.3 is 10.5 Å². The largest absolute Gasteiger partial charge is 0.496 e. The quantitative estimate of drug-likeness (QED) is 0.823. The highest BCUT2D eigenvalue weighted by molar-refractivity contribution is 9.10. The molecule has 3 heteroatoms. The Morgan fingerprint density at radius 2 is 2.12 bits per heavy atom. The van der Waals surface area contributed by atoms with Crippen LogP contribution in [-0.4, -0.2) is 13.7 Å². The molecule has 0 saturated carbocycles. The lowest BCUT2D eigenvalue weighted by molar-refractivity contribution is 0.400. The van der Waals surface area contributed by atoms with Crippen molar-refractivity contribution in [1.82, 2.24) is 0 Å². The highest BCUT2D eigenvalue weighted by Gasteiger charge is 2.15. The van der Waals surface area contributed by atoms with Gasteiger partial charge in [-0.3, -0.25) is 0 Å². The van der Waals surface area contributed by atoms with Crippen LogP contribution in [0.4, 0.5) is 0 Å². The zero-order valence-electron chi connectivity index (χ0n) is 10.7. The van der Waals surface area contributed by atoms with Crippen LogP contribution in [0.3, 0.4) is 0 Å². The second kappa shape index (κ2) is 7.72. The predicted octanol–water partition coefficient (Wildman–Crippen LogP) is 4.08. The predicted molar refractivity (Wildman–Crippen MR) is 76.6 cm³/mol. The first-order valence-corrected chi connectivity index (χ1v) is 7.05. The molecule has 2 N–H and O–H groups in total. The third kappa shape index (κ3) is 4.32. The van der Waals surface area contributed by atoms with Crippen molar-refractivity contribution in [2.24, 2.45) is 5.73 Å². The number of hydrogen-bond donors (Lipinski definition) is 1. The van der Waals surface area contributed by atoms with Crippen molar-refractivity contribution in [3.63, 3.8) is 0 Å². The normalized spacial score (nSPS) is 12.5. The summed E-state index contributed by atoms with van der Waals surface area (Å²) >= 11 is 3.53. The molecular weight excluding hydrogens is 278 g/mol. The van der Waals surface area contributed by atoms with Crippen LogP contribution in [0.15, 0.2) is 22.7 Å². The smallest absolute Gasteiger partial charge is 0.122 e. The highest BCUT2D eigenvalue weighted by Crippen LogP contribution is 2.35. The molecule has 1 aromatic rings. The lowest BCUT2D eigenvalue weighted by Gasteiger charge is -2.19. The van der Waals surface area contributed by atoms with Gasteiger partial charge in [-0.25, -0.2) is 0 Å². The molecule has 0 amide bonds. The van der Waals surface area contributed by atoms with Gasteiger partial charge in [0.25, 0.3) is 0 Å². The Balaban J connectivity index is 2.93. The second-order valence-corrected chi connectivity index (χ2v) is 5.22. The van der Waals surface area contributed by atoms with E-state index in [0.717, 1.165) is 29.6 Å². The Hall–Kier alpha value is -0.540. The second-order valence-electron chi connectivity index (χ2n) is 4.30. The maximum Gasteiger partial charge on any atom is 0.122 e. The minimum absolute atomic E-state index is 0.552. The van der Waals surface area contributed by atoms with Gasteiger partial charge in [0.05, 0.1) is 7.11 Å². The van der Waals surface area contributed by atoms with Gasteiger partial charge in [0.2, 0.25) is 0 Å². The van der Waals surface area contributed by atoms with Gasteiger partial charge in [-0.2, -0.15) is 0 Å². The summed E-state index contributed by atoms with van der Waals surface area (Å²) in [5.41, 5.74) is 6.91. The van der Waals surface area contributed by atoms with E-state index in [1.807, 2.05) is 12.1 Å². The van der Waals surface area contributed by atoms with Crippen LogP contribution in [0.25, 0.3) is 0 Å². The van der Waals surface area contributed by atoms with E-state index < -0.39 is 0 Å². The van der Waals surface area contributed by atoms with Gasteiger partial charge >= 0.3 is 0 Å². The first kappa shape index (κ1) is 14.5. The molecule has 2 nitrogen and oxygen atoms in total. The van der Waals surface area contributed by atoms with E-state index in [4.69, 9.17) is 10.5 Å². The fourth-order valence-corrected chi connectivity index (χ4v) is 2.57. The fourth-order valence-electron chi connectivity index (χ4n) is 2.19. The first-order chi connectivity index (χ1) is 8.22. The zero-order chi connectivity index (χ0) is 12.7. The van der Waals surface area contributed by atoms with Crippen molar-refractivity contribution in [2.45, 2.75) is 38.5 Å². The minimum Gasteiger partial charge on any atom is -0.496 e. The summed E-state index contributed by atoms with van der Waals surface area (Å²) < 4.78 is 6.57. The number of hydrogen-bond acceptors (Lipinski definition) is 2. The average Bonchev–Trinajstić information content (AvgIpc) is 2.34. The molecule has 1 atom stereocenters. The van der Waals surface area contributed by atoms with Crippen LogP contribution >= 0.6 is 15.9 Å². The van der Waals surface area contributed by atoms with Crippen molar-refractivity contribution in [2.75, 3.05) is 13.7 Å². The molecule has 1 rings (SSSR count). The molecule has 0 fully saturated rings. The fraction of sp³-hybridized carbons (Fsp3) is 0.571. The van der Waals surface area contributed by atoms with Crippen LogP contribution < -0.4 is 10.5 Å². The Morgan fingerprint density at radius 1 is 1.35 bits per heavy atom. The SMILES string of the molecule is CCCC(CCCN)c1cc(Br)ccc1OC. The lowest BCUT2D eigenvalue weighted by Crippen LogP contribution is -2.06. The molecule has 0 saturated heterocycles. The van der Waals surface area contributed by atoms with Crippen LogP contribution in [0.2, 0.25) is 0 Å². The third-order valence-corrected chi connectivity index (χ3v) is 3.52. The average molecular weight is 300 g/mol. The summed E-state index contributed by atoms with van der Waals surface area (Å²) in [4.78, 5) is 0. The summed E-state index contributed by atoms with van der Waals surface area (Å²) in [5, 5.41) is 0. The Kier molecular flexibility index (Phi) is 6.60. The van der Waals surface area contributed by atoms with E-state index >= 15 is 0 Å². The molecule has 0 aliphatic heterocycles. The third-order valence-electron chi connectivity index (χ3n) is 3.03. The molecule has 1 unspecified atom stereocenters. The van der Waals surface area contributed by atoms with Gasteiger partial charge in [0.1, 0.15) is 5.75 Å². The summed E-state index contributed by atoms with van der Waals surface area (Å²) in [6.07, 6.45) is 4.58. The van der Waals surface area contributed by atoms with E-state index in [9.17, 15) is 0 Å². The van der Waals surface area contributed by atoms with Gasteiger partial charge in [0, 0.05) is 4.47 Å². The van der Waals surface area contributed by atoms with E-state index in [2.05, 4.69) is 28.9 Å². The van der Waals surface area contributed by atoms with E-state index in [0.29, 0.717) is 5.92 Å². The maximum atomic E-state index is 5.61. The van der Waals surface area contributed by atoms with E-state index in [1.165, 1.54) is 18.4 Å². The van der Waals surface area contributed by atoms with Crippen molar-refractivity contribution in [3.8, 4) is 5.75 Å². The van der Waals surface area contributed by atoms with Crippen LogP contribution in [-0.2, 0) is 0 Å². The van der Waals surface area contributed by atoms with Gasteiger partial charge in [-0.1, -0.05) is 29.3 Å². The van der Waals surface area contributed by atoms with Crippen LogP contribution in [0.5, 0.6) is 5.75 Å². The standard InChI is InChI=1S/C14H22BrNO/c1-3-5-11(6-4-9-16)13-10-12(15)7-8-14(13)17-2/h7-8,10-11H,3-6,9,16H2,1-2H3. The molecule has 0 aliphatic carbocycles. The molecule has 0 aromatic heterocycles.